The number of nitrogens with zero attached hydrogens (tertiary/aromatic N) is 1. The molecule has 0 bridgehead atoms. The summed E-state index contributed by atoms with van der Waals surface area (Å²) < 4.78 is 16.9. The van der Waals surface area contributed by atoms with Gasteiger partial charge in [-0.15, -0.1) is 0 Å². The highest BCUT2D eigenvalue weighted by Crippen LogP contribution is 2.37. The number of fused-ring (bicyclic) bond motifs is 1. The summed E-state index contributed by atoms with van der Waals surface area (Å²) in [6, 6.07) is 4.64. The van der Waals surface area contributed by atoms with Crippen molar-refractivity contribution in [2.24, 2.45) is 5.73 Å². The van der Waals surface area contributed by atoms with Crippen LogP contribution in [0.3, 0.4) is 0 Å². The minimum Gasteiger partial charge on any atom is -0.508 e. The summed E-state index contributed by atoms with van der Waals surface area (Å²) in [6.45, 7) is 5.58. The number of primary amides is 1. The van der Waals surface area contributed by atoms with Crippen molar-refractivity contribution in [3.8, 4) is 11.5 Å². The van der Waals surface area contributed by atoms with Crippen molar-refractivity contribution in [2.45, 2.75) is 32.6 Å². The number of benzene rings is 1. The number of amides is 1. The second kappa shape index (κ2) is 8.03. The second-order valence-electron chi connectivity index (χ2n) is 5.28. The van der Waals surface area contributed by atoms with E-state index in [2.05, 4.69) is 0 Å². The molecule has 7 heteroatoms. The van der Waals surface area contributed by atoms with Gasteiger partial charge in [0.25, 0.3) is 0 Å². The predicted octanol–water partition coefficient (Wildman–Crippen LogP) is 1.23. The molecule has 7 nitrogen and oxygen atoms in total. The Morgan fingerprint density at radius 3 is 2.74 bits per heavy atom. The van der Waals surface area contributed by atoms with E-state index in [4.69, 9.17) is 19.9 Å². The number of nitrogens with two attached hydrogens (primary N) is 1. The van der Waals surface area contributed by atoms with Gasteiger partial charge < -0.3 is 30.0 Å². The molecule has 0 fully saturated rings. The fourth-order valence-corrected chi connectivity index (χ4v) is 2.66. The first-order valence-electron chi connectivity index (χ1n) is 7.79. The number of anilines is 1. The van der Waals surface area contributed by atoms with Gasteiger partial charge in [0, 0.05) is 19.3 Å². The van der Waals surface area contributed by atoms with Crippen LogP contribution in [0.2, 0.25) is 0 Å². The third-order valence-electron chi connectivity index (χ3n) is 3.61. The number of carbonyl (C=O) groups excluding carboxylic acids is 1. The molecule has 1 aromatic carbocycles. The van der Waals surface area contributed by atoms with Gasteiger partial charge in [0.15, 0.2) is 6.29 Å². The Labute approximate surface area is 135 Å². The zero-order valence-electron chi connectivity index (χ0n) is 13.5. The molecule has 0 saturated carbocycles. The van der Waals surface area contributed by atoms with Crippen LogP contribution in [0.1, 0.15) is 20.3 Å². The first-order chi connectivity index (χ1) is 11.0. The monoisotopic (exact) mass is 324 g/mol. The molecule has 3 N–H and O–H groups in total. The van der Waals surface area contributed by atoms with E-state index in [1.54, 1.807) is 18.2 Å². The van der Waals surface area contributed by atoms with Gasteiger partial charge in [-0.3, -0.25) is 4.79 Å². The van der Waals surface area contributed by atoms with E-state index in [9.17, 15) is 9.90 Å². The number of phenols is 1. The average molecular weight is 324 g/mol. The highest BCUT2D eigenvalue weighted by atomic mass is 16.7. The number of hydrogen-bond acceptors (Lipinski definition) is 6. The first kappa shape index (κ1) is 17.4. The number of aromatic hydroxyl groups is 1. The van der Waals surface area contributed by atoms with E-state index in [0.717, 1.165) is 0 Å². The summed E-state index contributed by atoms with van der Waals surface area (Å²) >= 11 is 0. The molecule has 0 spiro atoms. The molecule has 0 aromatic heterocycles. The minimum absolute atomic E-state index is 0.126. The predicted molar refractivity (Wildman–Crippen MR) is 85.6 cm³/mol. The summed E-state index contributed by atoms with van der Waals surface area (Å²) in [7, 11) is 0. The molecule has 1 heterocycles. The Balaban J connectivity index is 2.27. The smallest absolute Gasteiger partial charge is 0.219 e. The van der Waals surface area contributed by atoms with Crippen molar-refractivity contribution in [3.05, 3.63) is 18.2 Å². The lowest BCUT2D eigenvalue weighted by Crippen LogP contribution is -2.49. The molecule has 2 rings (SSSR count). The molecule has 1 aliphatic heterocycles. The molecule has 0 radical (unpaired) electrons. The summed E-state index contributed by atoms with van der Waals surface area (Å²) in [5, 5.41) is 9.78. The Kier molecular flexibility index (Phi) is 6.06. The molecule has 0 aliphatic carbocycles. The van der Waals surface area contributed by atoms with Gasteiger partial charge in [0.1, 0.15) is 18.1 Å². The normalized spacial score (nSPS) is 17.0. The van der Waals surface area contributed by atoms with E-state index >= 15 is 0 Å². The van der Waals surface area contributed by atoms with Crippen LogP contribution in [-0.2, 0) is 14.3 Å². The summed E-state index contributed by atoms with van der Waals surface area (Å²) in [6.07, 6.45) is -0.284. The number of carbonyl (C=O) groups is 1. The third kappa shape index (κ3) is 4.49. The molecule has 1 unspecified atom stereocenters. The van der Waals surface area contributed by atoms with Crippen LogP contribution >= 0.6 is 0 Å². The fourth-order valence-electron chi connectivity index (χ4n) is 2.66. The zero-order chi connectivity index (χ0) is 16.8. The van der Waals surface area contributed by atoms with Crippen molar-refractivity contribution in [1.29, 1.82) is 0 Å². The standard InChI is InChI=1S/C16H24N2O5/c1-3-21-16(22-4-2)9-18-11(7-15(17)20)10-23-14-6-5-12(19)8-13(14)18/h5-6,8,11,16,19H,3-4,7,9-10H2,1-2H3,(H2,17,20). The molecular formula is C16H24N2O5. The Morgan fingerprint density at radius 2 is 2.13 bits per heavy atom. The van der Waals surface area contributed by atoms with Crippen molar-refractivity contribution >= 4 is 11.6 Å². The maximum absolute atomic E-state index is 11.4. The summed E-state index contributed by atoms with van der Waals surface area (Å²) in [5.74, 6) is 0.369. The Hall–Kier alpha value is -1.99. The van der Waals surface area contributed by atoms with Gasteiger partial charge in [-0.2, -0.15) is 0 Å². The topological polar surface area (TPSA) is 94.3 Å². The van der Waals surface area contributed by atoms with Crippen molar-refractivity contribution in [3.63, 3.8) is 0 Å². The molecule has 1 aliphatic rings. The van der Waals surface area contributed by atoms with Gasteiger partial charge in [-0.1, -0.05) is 0 Å². The molecule has 1 atom stereocenters. The van der Waals surface area contributed by atoms with Gasteiger partial charge >= 0.3 is 0 Å². The lowest BCUT2D eigenvalue weighted by Gasteiger charge is -2.39. The van der Waals surface area contributed by atoms with E-state index in [1.165, 1.54) is 0 Å². The Morgan fingerprint density at radius 1 is 1.43 bits per heavy atom. The molecule has 128 valence electrons. The minimum atomic E-state index is -0.436. The highest BCUT2D eigenvalue weighted by Gasteiger charge is 2.31. The average Bonchev–Trinajstić information content (AvgIpc) is 2.49. The van der Waals surface area contributed by atoms with Crippen LogP contribution in [0, 0.1) is 0 Å². The van der Waals surface area contributed by atoms with E-state index in [1.807, 2.05) is 18.7 Å². The third-order valence-corrected chi connectivity index (χ3v) is 3.61. The van der Waals surface area contributed by atoms with Crippen molar-refractivity contribution < 1.29 is 24.1 Å². The maximum atomic E-state index is 11.4. The van der Waals surface area contributed by atoms with E-state index < -0.39 is 12.2 Å². The highest BCUT2D eigenvalue weighted by molar-refractivity contribution is 5.76. The van der Waals surface area contributed by atoms with Crippen LogP contribution in [0.4, 0.5) is 5.69 Å². The second-order valence-corrected chi connectivity index (χ2v) is 5.28. The molecule has 23 heavy (non-hydrogen) atoms. The number of phenolic OH excluding ortho intramolecular Hbond substituents is 1. The summed E-state index contributed by atoms with van der Waals surface area (Å²) in [4.78, 5) is 13.3. The summed E-state index contributed by atoms with van der Waals surface area (Å²) in [5.41, 5.74) is 6.05. The van der Waals surface area contributed by atoms with Crippen LogP contribution in [0.5, 0.6) is 11.5 Å². The number of hydrogen-bond donors (Lipinski definition) is 2. The van der Waals surface area contributed by atoms with Crippen LogP contribution in [-0.4, -0.2) is 49.7 Å². The first-order valence-corrected chi connectivity index (χ1v) is 7.79. The van der Waals surface area contributed by atoms with Crippen LogP contribution in [0.25, 0.3) is 0 Å². The molecular weight excluding hydrogens is 300 g/mol. The van der Waals surface area contributed by atoms with Gasteiger partial charge in [0.2, 0.25) is 5.91 Å². The zero-order valence-corrected chi connectivity index (χ0v) is 13.5. The maximum Gasteiger partial charge on any atom is 0.219 e. The molecule has 1 amide bonds. The van der Waals surface area contributed by atoms with Crippen LogP contribution < -0.4 is 15.4 Å². The molecule has 0 saturated heterocycles. The van der Waals surface area contributed by atoms with Gasteiger partial charge in [-0.25, -0.2) is 0 Å². The Bertz CT molecular complexity index is 531. The van der Waals surface area contributed by atoms with E-state index in [-0.39, 0.29) is 18.2 Å². The van der Waals surface area contributed by atoms with Gasteiger partial charge in [0.05, 0.1) is 24.7 Å². The number of rotatable bonds is 8. The lowest BCUT2D eigenvalue weighted by molar-refractivity contribution is -0.131. The quantitative estimate of drug-likeness (QED) is 0.699. The fraction of sp³-hybridized carbons (Fsp3) is 0.562. The van der Waals surface area contributed by atoms with Crippen molar-refractivity contribution in [1.82, 2.24) is 0 Å². The molecule has 1 aromatic rings. The number of ether oxygens (including phenoxy) is 3. The lowest BCUT2D eigenvalue weighted by atomic mass is 10.1. The SMILES string of the molecule is CCOC(CN1c2cc(O)ccc2OCC1CC(N)=O)OCC. The van der Waals surface area contributed by atoms with E-state index in [0.29, 0.717) is 37.8 Å². The largest absolute Gasteiger partial charge is 0.508 e. The van der Waals surface area contributed by atoms with Gasteiger partial charge in [-0.05, 0) is 26.0 Å². The van der Waals surface area contributed by atoms with Crippen LogP contribution in [0.15, 0.2) is 18.2 Å². The van der Waals surface area contributed by atoms with Crippen molar-refractivity contribution in [2.75, 3.05) is 31.3 Å².